The maximum Gasteiger partial charge on any atom is 0.255 e. The monoisotopic (exact) mass is 348 g/mol. The number of nitrogens with two attached hydrogens (primary N) is 1. The number of hydrogen-bond acceptors (Lipinski definition) is 3. The van der Waals surface area contributed by atoms with Gasteiger partial charge >= 0.3 is 0 Å². The molecule has 0 bridgehead atoms. The molecule has 2 aromatic carbocycles. The first-order valence-corrected chi connectivity index (χ1v) is 7.44. The van der Waals surface area contributed by atoms with Gasteiger partial charge < -0.3 is 16.2 Å². The molecular formula is C16H17BrN2O2. The van der Waals surface area contributed by atoms with Crippen LogP contribution in [0.4, 0.5) is 0 Å². The lowest BCUT2D eigenvalue weighted by atomic mass is 10.0. The average molecular weight is 349 g/mol. The SMILES string of the molecule is NC(CCNC(=O)c1cc(Br)ccc1O)c1ccccc1. The second-order valence-corrected chi connectivity index (χ2v) is 5.64. The first-order valence-electron chi connectivity index (χ1n) is 6.65. The summed E-state index contributed by atoms with van der Waals surface area (Å²) in [5, 5.41) is 12.5. The second kappa shape index (κ2) is 7.24. The lowest BCUT2D eigenvalue weighted by Gasteiger charge is -2.13. The molecule has 0 saturated heterocycles. The highest BCUT2D eigenvalue weighted by molar-refractivity contribution is 9.10. The van der Waals surface area contributed by atoms with Crippen molar-refractivity contribution >= 4 is 21.8 Å². The Morgan fingerprint density at radius 3 is 2.67 bits per heavy atom. The van der Waals surface area contributed by atoms with E-state index in [0.717, 1.165) is 10.0 Å². The van der Waals surface area contributed by atoms with E-state index in [-0.39, 0.29) is 23.3 Å². The van der Waals surface area contributed by atoms with Gasteiger partial charge in [-0.2, -0.15) is 0 Å². The molecule has 0 fully saturated rings. The van der Waals surface area contributed by atoms with Crippen molar-refractivity contribution in [1.82, 2.24) is 5.32 Å². The van der Waals surface area contributed by atoms with Crippen LogP contribution < -0.4 is 11.1 Å². The summed E-state index contributed by atoms with van der Waals surface area (Å²) in [4.78, 5) is 12.0. The van der Waals surface area contributed by atoms with E-state index in [9.17, 15) is 9.90 Å². The van der Waals surface area contributed by atoms with Crippen molar-refractivity contribution in [3.05, 3.63) is 64.1 Å². The first-order chi connectivity index (χ1) is 10.1. The Labute approximate surface area is 132 Å². The highest BCUT2D eigenvalue weighted by atomic mass is 79.9. The van der Waals surface area contributed by atoms with Crippen LogP contribution in [-0.2, 0) is 0 Å². The summed E-state index contributed by atoms with van der Waals surface area (Å²) in [6, 6.07) is 14.4. The molecule has 0 spiro atoms. The van der Waals surface area contributed by atoms with Gasteiger partial charge in [0.05, 0.1) is 5.56 Å². The van der Waals surface area contributed by atoms with Gasteiger partial charge in [-0.3, -0.25) is 4.79 Å². The number of amides is 1. The van der Waals surface area contributed by atoms with E-state index >= 15 is 0 Å². The van der Waals surface area contributed by atoms with E-state index in [2.05, 4.69) is 21.2 Å². The van der Waals surface area contributed by atoms with Gasteiger partial charge in [0.2, 0.25) is 0 Å². The molecule has 21 heavy (non-hydrogen) atoms. The van der Waals surface area contributed by atoms with Gasteiger partial charge in [0.1, 0.15) is 5.75 Å². The molecule has 1 atom stereocenters. The van der Waals surface area contributed by atoms with Crippen LogP contribution in [-0.4, -0.2) is 17.6 Å². The normalized spacial score (nSPS) is 11.9. The first kappa shape index (κ1) is 15.5. The number of phenols is 1. The third-order valence-electron chi connectivity index (χ3n) is 3.17. The number of benzene rings is 2. The largest absolute Gasteiger partial charge is 0.507 e. The van der Waals surface area contributed by atoms with Crippen molar-refractivity contribution in [2.75, 3.05) is 6.54 Å². The average Bonchev–Trinajstić information content (AvgIpc) is 2.50. The second-order valence-electron chi connectivity index (χ2n) is 4.72. The molecule has 0 saturated carbocycles. The van der Waals surface area contributed by atoms with Crippen LogP contribution in [0.15, 0.2) is 53.0 Å². The maximum atomic E-state index is 12.0. The predicted octanol–water partition coefficient (Wildman–Crippen LogP) is 2.97. The third kappa shape index (κ3) is 4.31. The summed E-state index contributed by atoms with van der Waals surface area (Å²) in [6.45, 7) is 0.445. The molecule has 0 aromatic heterocycles. The summed E-state index contributed by atoms with van der Waals surface area (Å²) in [5.74, 6) is -0.350. The lowest BCUT2D eigenvalue weighted by molar-refractivity contribution is 0.0950. The van der Waals surface area contributed by atoms with Gasteiger partial charge in [-0.25, -0.2) is 0 Å². The van der Waals surface area contributed by atoms with Crippen LogP contribution in [0.2, 0.25) is 0 Å². The maximum absolute atomic E-state index is 12.0. The summed E-state index contributed by atoms with van der Waals surface area (Å²) in [5.41, 5.74) is 7.35. The number of carbonyl (C=O) groups excluding carboxylic acids is 1. The Morgan fingerprint density at radius 1 is 1.24 bits per heavy atom. The van der Waals surface area contributed by atoms with Crippen molar-refractivity contribution in [1.29, 1.82) is 0 Å². The molecule has 110 valence electrons. The number of rotatable bonds is 5. The molecule has 0 radical (unpaired) electrons. The minimum atomic E-state index is -0.311. The van der Waals surface area contributed by atoms with Gasteiger partial charge in [0.25, 0.3) is 5.91 Å². The Balaban J connectivity index is 1.88. The van der Waals surface area contributed by atoms with Crippen LogP contribution in [0.5, 0.6) is 5.75 Å². The molecule has 5 heteroatoms. The minimum Gasteiger partial charge on any atom is -0.507 e. The quantitative estimate of drug-likeness (QED) is 0.777. The van der Waals surface area contributed by atoms with Gasteiger partial charge in [0, 0.05) is 17.1 Å². The molecule has 0 heterocycles. The topological polar surface area (TPSA) is 75.3 Å². The number of aromatic hydroxyl groups is 1. The van der Waals surface area contributed by atoms with Gasteiger partial charge in [-0.05, 0) is 30.2 Å². The van der Waals surface area contributed by atoms with Crippen LogP contribution in [0.1, 0.15) is 28.4 Å². The lowest BCUT2D eigenvalue weighted by Crippen LogP contribution is -2.27. The van der Waals surface area contributed by atoms with Crippen LogP contribution in [0.3, 0.4) is 0 Å². The number of nitrogens with one attached hydrogen (secondary N) is 1. The fourth-order valence-corrected chi connectivity index (χ4v) is 2.35. The molecule has 0 aliphatic carbocycles. The smallest absolute Gasteiger partial charge is 0.255 e. The van der Waals surface area contributed by atoms with Crippen molar-refractivity contribution < 1.29 is 9.90 Å². The summed E-state index contributed by atoms with van der Waals surface area (Å²) in [6.07, 6.45) is 0.629. The predicted molar refractivity (Wildman–Crippen MR) is 86.1 cm³/mol. The van der Waals surface area contributed by atoms with E-state index in [1.807, 2.05) is 30.3 Å². The Kier molecular flexibility index (Phi) is 5.36. The zero-order valence-corrected chi connectivity index (χ0v) is 13.0. The zero-order valence-electron chi connectivity index (χ0n) is 11.4. The van der Waals surface area contributed by atoms with E-state index in [1.54, 1.807) is 12.1 Å². The van der Waals surface area contributed by atoms with Crippen LogP contribution in [0, 0.1) is 0 Å². The standard InChI is InChI=1S/C16H17BrN2O2/c17-12-6-7-15(20)13(10-12)16(21)19-9-8-14(18)11-4-2-1-3-5-11/h1-7,10,14,20H,8-9,18H2,(H,19,21). The van der Waals surface area contributed by atoms with Gasteiger partial charge in [0.15, 0.2) is 0 Å². The Hall–Kier alpha value is -1.85. The van der Waals surface area contributed by atoms with Crippen molar-refractivity contribution in [3.63, 3.8) is 0 Å². The van der Waals surface area contributed by atoms with E-state index in [4.69, 9.17) is 5.73 Å². The molecular weight excluding hydrogens is 332 g/mol. The Morgan fingerprint density at radius 2 is 1.95 bits per heavy atom. The highest BCUT2D eigenvalue weighted by Gasteiger charge is 2.12. The molecule has 2 rings (SSSR count). The Bertz CT molecular complexity index is 617. The van der Waals surface area contributed by atoms with Crippen molar-refractivity contribution in [3.8, 4) is 5.75 Å². The molecule has 1 amide bonds. The van der Waals surface area contributed by atoms with E-state index in [0.29, 0.717) is 13.0 Å². The third-order valence-corrected chi connectivity index (χ3v) is 3.67. The van der Waals surface area contributed by atoms with E-state index < -0.39 is 0 Å². The van der Waals surface area contributed by atoms with Crippen molar-refractivity contribution in [2.24, 2.45) is 5.73 Å². The fraction of sp³-hybridized carbons (Fsp3) is 0.188. The van der Waals surface area contributed by atoms with Gasteiger partial charge in [-0.1, -0.05) is 46.3 Å². The van der Waals surface area contributed by atoms with Crippen molar-refractivity contribution in [2.45, 2.75) is 12.5 Å². The molecule has 2 aromatic rings. The molecule has 1 unspecified atom stereocenters. The van der Waals surface area contributed by atoms with Crippen LogP contribution in [0.25, 0.3) is 0 Å². The van der Waals surface area contributed by atoms with Gasteiger partial charge in [-0.15, -0.1) is 0 Å². The fourth-order valence-electron chi connectivity index (χ4n) is 1.99. The molecule has 0 aliphatic rings. The number of halogens is 1. The van der Waals surface area contributed by atoms with Crippen LogP contribution >= 0.6 is 15.9 Å². The minimum absolute atomic E-state index is 0.0388. The zero-order chi connectivity index (χ0) is 15.2. The molecule has 4 nitrogen and oxygen atoms in total. The molecule has 4 N–H and O–H groups in total. The number of carbonyl (C=O) groups is 1. The summed E-state index contributed by atoms with van der Waals surface area (Å²) < 4.78 is 0.742. The van der Waals surface area contributed by atoms with E-state index in [1.165, 1.54) is 6.07 Å². The number of hydrogen-bond donors (Lipinski definition) is 3. The molecule has 0 aliphatic heterocycles. The highest BCUT2D eigenvalue weighted by Crippen LogP contribution is 2.21. The number of phenolic OH excluding ortho intramolecular Hbond substituents is 1. The summed E-state index contributed by atoms with van der Waals surface area (Å²) >= 11 is 3.28. The summed E-state index contributed by atoms with van der Waals surface area (Å²) in [7, 11) is 0.